The lowest BCUT2D eigenvalue weighted by Crippen LogP contribution is -2.11. The average Bonchev–Trinajstić information content (AvgIpc) is 2.78. The molecule has 0 saturated heterocycles. The Morgan fingerprint density at radius 1 is 1.47 bits per heavy atom. The van der Waals surface area contributed by atoms with E-state index >= 15 is 0 Å². The van der Waals surface area contributed by atoms with Gasteiger partial charge in [-0.05, 0) is 28.1 Å². The van der Waals surface area contributed by atoms with Crippen molar-refractivity contribution in [2.45, 2.75) is 0 Å². The van der Waals surface area contributed by atoms with Crippen LogP contribution in [0.15, 0.2) is 22.7 Å². The van der Waals surface area contributed by atoms with E-state index in [2.05, 4.69) is 31.4 Å². The van der Waals surface area contributed by atoms with Gasteiger partial charge in [-0.2, -0.15) is 0 Å². The van der Waals surface area contributed by atoms with E-state index in [4.69, 9.17) is 5.73 Å². The number of carbonyl (C=O) groups excluding carboxylic acids is 1. The topological polar surface area (TPSA) is 124 Å². The van der Waals surface area contributed by atoms with Crippen molar-refractivity contribution < 1.29 is 9.72 Å². The second kappa shape index (κ2) is 5.28. The number of rotatable bonds is 3. The van der Waals surface area contributed by atoms with E-state index in [1.807, 2.05) is 0 Å². The Hall–Kier alpha value is -2.07. The number of nitrogens with zero attached hydrogens (tertiary/aromatic N) is 3. The molecule has 0 fully saturated rings. The van der Waals surface area contributed by atoms with Crippen molar-refractivity contribution in [1.29, 1.82) is 0 Å². The molecular weight excluding hydrogens is 338 g/mol. The summed E-state index contributed by atoms with van der Waals surface area (Å²) in [4.78, 5) is 22.0. The van der Waals surface area contributed by atoms with E-state index in [1.54, 1.807) is 0 Å². The molecule has 1 aromatic carbocycles. The van der Waals surface area contributed by atoms with Gasteiger partial charge in [0, 0.05) is 11.8 Å². The van der Waals surface area contributed by atoms with Gasteiger partial charge >= 0.3 is 0 Å². The minimum absolute atomic E-state index is 0.0862. The van der Waals surface area contributed by atoms with Crippen molar-refractivity contribution in [1.82, 2.24) is 10.2 Å². The highest BCUT2D eigenvalue weighted by Gasteiger charge is 2.16. The maximum atomic E-state index is 11.8. The van der Waals surface area contributed by atoms with Crippen molar-refractivity contribution in [2.75, 3.05) is 11.1 Å². The number of nitrogen functional groups attached to an aromatic ring is 1. The molecule has 1 amide bonds. The third-order valence-corrected chi connectivity index (χ3v) is 3.46. The summed E-state index contributed by atoms with van der Waals surface area (Å²) in [5.74, 6) is -0.522. The third-order valence-electron chi connectivity index (χ3n) is 2.04. The van der Waals surface area contributed by atoms with Gasteiger partial charge in [-0.3, -0.25) is 14.9 Å². The minimum Gasteiger partial charge on any atom is -0.374 e. The van der Waals surface area contributed by atoms with Gasteiger partial charge in [-0.25, -0.2) is 0 Å². The van der Waals surface area contributed by atoms with E-state index < -0.39 is 10.8 Å². The highest BCUT2D eigenvalue weighted by atomic mass is 79.9. The number of nitro groups is 1. The standard InChI is InChI=1S/C9H6BrN5O3S/c10-5-2-1-4(3-6(5)15(17)18)12-7(16)8-13-14-9(11)19-8/h1-3H,(H2,11,14)(H,12,16). The molecule has 0 aliphatic heterocycles. The zero-order valence-corrected chi connectivity index (χ0v) is 11.6. The van der Waals surface area contributed by atoms with Crippen LogP contribution in [0, 0.1) is 10.1 Å². The molecule has 0 radical (unpaired) electrons. The van der Waals surface area contributed by atoms with Crippen LogP contribution in [0.3, 0.4) is 0 Å². The van der Waals surface area contributed by atoms with Gasteiger partial charge in [0.15, 0.2) is 0 Å². The molecule has 2 aromatic rings. The molecule has 0 saturated carbocycles. The van der Waals surface area contributed by atoms with Crippen LogP contribution in [-0.2, 0) is 0 Å². The number of nitro benzene ring substituents is 1. The largest absolute Gasteiger partial charge is 0.374 e. The Balaban J connectivity index is 2.22. The van der Waals surface area contributed by atoms with Crippen LogP contribution in [-0.4, -0.2) is 21.0 Å². The van der Waals surface area contributed by atoms with Crippen molar-refractivity contribution in [3.63, 3.8) is 0 Å². The smallest absolute Gasteiger partial charge is 0.286 e. The van der Waals surface area contributed by atoms with Gasteiger partial charge in [-0.1, -0.05) is 11.3 Å². The first-order valence-electron chi connectivity index (χ1n) is 4.81. The second-order valence-corrected chi connectivity index (χ2v) is 5.19. The van der Waals surface area contributed by atoms with Crippen molar-refractivity contribution in [2.24, 2.45) is 0 Å². The minimum atomic E-state index is -0.553. The Kier molecular flexibility index (Phi) is 3.71. The molecule has 1 aromatic heterocycles. The van der Waals surface area contributed by atoms with Crippen LogP contribution in [0.2, 0.25) is 0 Å². The SMILES string of the molecule is Nc1nnc(C(=O)Nc2ccc(Br)c([N+](=O)[O-])c2)s1. The zero-order valence-electron chi connectivity index (χ0n) is 9.16. The molecule has 0 aliphatic rings. The fraction of sp³-hybridized carbons (Fsp3) is 0. The Labute approximate surface area is 118 Å². The van der Waals surface area contributed by atoms with Gasteiger partial charge in [0.1, 0.15) is 0 Å². The number of amides is 1. The number of hydrogen-bond donors (Lipinski definition) is 2. The Bertz CT molecular complexity index is 659. The number of nitrogens with one attached hydrogen (secondary N) is 1. The predicted octanol–water partition coefficient (Wildman–Crippen LogP) is 2.04. The van der Waals surface area contributed by atoms with Crippen molar-refractivity contribution in [3.05, 3.63) is 37.8 Å². The van der Waals surface area contributed by atoms with E-state index in [0.29, 0.717) is 4.47 Å². The van der Waals surface area contributed by atoms with E-state index in [0.717, 1.165) is 11.3 Å². The molecule has 0 spiro atoms. The van der Waals surface area contributed by atoms with Crippen molar-refractivity contribution in [3.8, 4) is 0 Å². The van der Waals surface area contributed by atoms with Crippen molar-refractivity contribution >= 4 is 49.7 Å². The Morgan fingerprint density at radius 3 is 2.79 bits per heavy atom. The normalized spacial score (nSPS) is 10.2. The fourth-order valence-electron chi connectivity index (χ4n) is 1.24. The molecule has 98 valence electrons. The maximum Gasteiger partial charge on any atom is 0.286 e. The quantitative estimate of drug-likeness (QED) is 0.649. The summed E-state index contributed by atoms with van der Waals surface area (Å²) in [6.07, 6.45) is 0. The van der Waals surface area contributed by atoms with Crippen LogP contribution < -0.4 is 11.1 Å². The highest BCUT2D eigenvalue weighted by molar-refractivity contribution is 9.10. The number of benzene rings is 1. The summed E-state index contributed by atoms with van der Waals surface area (Å²) < 4.78 is 0.329. The summed E-state index contributed by atoms with van der Waals surface area (Å²) in [6.45, 7) is 0. The molecule has 0 atom stereocenters. The van der Waals surface area contributed by atoms with Gasteiger partial charge in [0.05, 0.1) is 9.40 Å². The summed E-state index contributed by atoms with van der Waals surface area (Å²) in [7, 11) is 0. The summed E-state index contributed by atoms with van der Waals surface area (Å²) in [6, 6.07) is 4.24. The Morgan fingerprint density at radius 2 is 2.21 bits per heavy atom. The predicted molar refractivity (Wildman–Crippen MR) is 73.1 cm³/mol. The van der Waals surface area contributed by atoms with Gasteiger partial charge < -0.3 is 11.1 Å². The number of anilines is 2. The lowest BCUT2D eigenvalue weighted by atomic mass is 10.3. The fourth-order valence-corrected chi connectivity index (χ4v) is 2.14. The molecule has 3 N–H and O–H groups in total. The lowest BCUT2D eigenvalue weighted by molar-refractivity contribution is -0.385. The highest BCUT2D eigenvalue weighted by Crippen LogP contribution is 2.28. The molecule has 19 heavy (non-hydrogen) atoms. The first-order chi connectivity index (χ1) is 8.97. The first kappa shape index (κ1) is 13.4. The molecule has 0 aliphatic carbocycles. The molecule has 8 nitrogen and oxygen atoms in total. The van der Waals surface area contributed by atoms with Crippen LogP contribution in [0.5, 0.6) is 0 Å². The average molecular weight is 344 g/mol. The zero-order chi connectivity index (χ0) is 14.0. The summed E-state index contributed by atoms with van der Waals surface area (Å²) in [5.41, 5.74) is 5.50. The monoisotopic (exact) mass is 343 g/mol. The van der Waals surface area contributed by atoms with Crippen LogP contribution >= 0.6 is 27.3 Å². The number of aromatic nitrogens is 2. The van der Waals surface area contributed by atoms with Gasteiger partial charge in [0.2, 0.25) is 10.1 Å². The van der Waals surface area contributed by atoms with Crippen LogP contribution in [0.1, 0.15) is 9.80 Å². The number of halogens is 1. The van der Waals surface area contributed by atoms with Gasteiger partial charge in [0.25, 0.3) is 11.6 Å². The molecular formula is C9H6BrN5O3S. The first-order valence-corrected chi connectivity index (χ1v) is 6.42. The molecule has 10 heteroatoms. The number of carbonyl (C=O) groups is 1. The van der Waals surface area contributed by atoms with E-state index in [9.17, 15) is 14.9 Å². The molecule has 1 heterocycles. The summed E-state index contributed by atoms with van der Waals surface area (Å²) >= 11 is 3.98. The second-order valence-electron chi connectivity index (χ2n) is 3.32. The number of hydrogen-bond acceptors (Lipinski definition) is 7. The van der Waals surface area contributed by atoms with Crippen LogP contribution in [0.25, 0.3) is 0 Å². The maximum absolute atomic E-state index is 11.8. The number of nitrogens with two attached hydrogens (primary N) is 1. The van der Waals surface area contributed by atoms with Crippen LogP contribution in [0.4, 0.5) is 16.5 Å². The molecule has 2 rings (SSSR count). The molecule has 0 bridgehead atoms. The van der Waals surface area contributed by atoms with E-state index in [-0.39, 0.29) is 21.5 Å². The molecule has 0 unspecified atom stereocenters. The third kappa shape index (κ3) is 3.03. The van der Waals surface area contributed by atoms with E-state index in [1.165, 1.54) is 18.2 Å². The lowest BCUT2D eigenvalue weighted by Gasteiger charge is -2.03. The van der Waals surface area contributed by atoms with Gasteiger partial charge in [-0.15, -0.1) is 10.2 Å². The summed E-state index contributed by atoms with van der Waals surface area (Å²) in [5, 5.41) is 20.6.